The van der Waals surface area contributed by atoms with Gasteiger partial charge >= 0.3 is 0 Å². The molecule has 16 heavy (non-hydrogen) atoms. The number of oxazole rings is 1. The second-order valence-corrected chi connectivity index (χ2v) is 4.57. The third kappa shape index (κ3) is 3.85. The van der Waals surface area contributed by atoms with E-state index in [1.54, 1.807) is 13.8 Å². The number of alkyl halides is 1. The molecule has 90 valence electrons. The smallest absolute Gasteiger partial charge is 0.289 e. The molecular weight excluding hydrogens is 228 g/mol. The topological polar surface area (TPSA) is 55.1 Å². The Morgan fingerprint density at radius 1 is 1.56 bits per heavy atom. The molecule has 0 fully saturated rings. The predicted octanol–water partition coefficient (Wildman–Crippen LogP) is 2.43. The predicted molar refractivity (Wildman–Crippen MR) is 62.9 cm³/mol. The minimum absolute atomic E-state index is 0.145. The molecule has 0 aliphatic heterocycles. The van der Waals surface area contributed by atoms with E-state index in [0.717, 1.165) is 12.8 Å². The lowest BCUT2D eigenvalue weighted by atomic mass is 10.2. The van der Waals surface area contributed by atoms with Crippen LogP contribution in [-0.2, 0) is 0 Å². The van der Waals surface area contributed by atoms with Gasteiger partial charge in [-0.3, -0.25) is 4.79 Å². The number of halogens is 1. The number of carbonyl (C=O) groups excluding carboxylic acids is 1. The van der Waals surface area contributed by atoms with Crippen LogP contribution in [0.15, 0.2) is 4.42 Å². The van der Waals surface area contributed by atoms with Gasteiger partial charge in [0, 0.05) is 18.8 Å². The molecule has 1 heterocycles. The summed E-state index contributed by atoms with van der Waals surface area (Å²) in [6.45, 7) is 6.02. The first-order valence-corrected chi connectivity index (χ1v) is 5.80. The maximum atomic E-state index is 11.6. The van der Waals surface area contributed by atoms with Crippen molar-refractivity contribution in [3.63, 3.8) is 0 Å². The van der Waals surface area contributed by atoms with Crippen LogP contribution < -0.4 is 5.32 Å². The Hall–Kier alpha value is -1.03. The fourth-order valence-electron chi connectivity index (χ4n) is 1.41. The average molecular weight is 245 g/mol. The first kappa shape index (κ1) is 13.0. The number of carbonyl (C=O) groups is 1. The van der Waals surface area contributed by atoms with E-state index < -0.39 is 0 Å². The first-order chi connectivity index (χ1) is 7.50. The van der Waals surface area contributed by atoms with E-state index in [9.17, 15) is 4.79 Å². The highest BCUT2D eigenvalue weighted by Crippen LogP contribution is 2.09. The monoisotopic (exact) mass is 244 g/mol. The summed E-state index contributed by atoms with van der Waals surface area (Å²) in [5.41, 5.74) is 0.626. The molecule has 1 rings (SSSR count). The van der Waals surface area contributed by atoms with Gasteiger partial charge in [-0.25, -0.2) is 4.98 Å². The zero-order valence-corrected chi connectivity index (χ0v) is 10.6. The molecule has 5 heteroatoms. The van der Waals surface area contributed by atoms with Crippen molar-refractivity contribution in [1.82, 2.24) is 10.3 Å². The summed E-state index contributed by atoms with van der Waals surface area (Å²) in [5, 5.41) is 2.92. The van der Waals surface area contributed by atoms with Crippen LogP contribution in [0, 0.1) is 13.8 Å². The van der Waals surface area contributed by atoms with Crippen molar-refractivity contribution in [1.29, 1.82) is 0 Å². The summed E-state index contributed by atoms with van der Waals surface area (Å²) in [6, 6.07) is 0. The van der Waals surface area contributed by atoms with Crippen LogP contribution in [0.1, 0.15) is 41.9 Å². The third-order valence-electron chi connectivity index (χ3n) is 2.17. The standard InChI is InChI=1S/C11H17ClN2O2/c1-7(12)5-4-6-13-11(15)10-8(2)14-9(3)16-10/h7H,4-6H2,1-3H3,(H,13,15). The van der Waals surface area contributed by atoms with Crippen LogP contribution >= 0.6 is 11.6 Å². The fraction of sp³-hybridized carbons (Fsp3) is 0.636. The van der Waals surface area contributed by atoms with Gasteiger partial charge in [0.05, 0.1) is 5.69 Å². The van der Waals surface area contributed by atoms with Gasteiger partial charge in [-0.15, -0.1) is 11.6 Å². The SMILES string of the molecule is Cc1nc(C)c(C(=O)NCCCC(C)Cl)o1. The quantitative estimate of drug-likeness (QED) is 0.639. The summed E-state index contributed by atoms with van der Waals surface area (Å²) in [6.07, 6.45) is 1.75. The minimum Gasteiger partial charge on any atom is -0.436 e. The van der Waals surface area contributed by atoms with Gasteiger partial charge < -0.3 is 9.73 Å². The van der Waals surface area contributed by atoms with Crippen molar-refractivity contribution < 1.29 is 9.21 Å². The Bertz CT molecular complexity index is 361. The Balaban J connectivity index is 2.38. The molecule has 1 N–H and O–H groups in total. The van der Waals surface area contributed by atoms with E-state index in [1.807, 2.05) is 6.92 Å². The van der Waals surface area contributed by atoms with Gasteiger partial charge in [0.25, 0.3) is 5.91 Å². The zero-order chi connectivity index (χ0) is 12.1. The molecule has 0 aromatic carbocycles. The highest BCUT2D eigenvalue weighted by Gasteiger charge is 2.14. The van der Waals surface area contributed by atoms with E-state index in [-0.39, 0.29) is 11.3 Å². The maximum absolute atomic E-state index is 11.6. The van der Waals surface area contributed by atoms with Gasteiger partial charge in [-0.1, -0.05) is 0 Å². The summed E-state index contributed by atoms with van der Waals surface area (Å²) in [5.74, 6) is 0.605. The van der Waals surface area contributed by atoms with E-state index in [1.165, 1.54) is 0 Å². The second-order valence-electron chi connectivity index (χ2n) is 3.83. The number of aromatic nitrogens is 1. The number of nitrogens with zero attached hydrogens (tertiary/aromatic N) is 1. The highest BCUT2D eigenvalue weighted by molar-refractivity contribution is 6.20. The molecule has 1 atom stereocenters. The largest absolute Gasteiger partial charge is 0.436 e. The first-order valence-electron chi connectivity index (χ1n) is 5.37. The Kier molecular flexibility index (Phi) is 4.80. The molecule has 0 radical (unpaired) electrons. The van der Waals surface area contributed by atoms with Crippen LogP contribution in [0.2, 0.25) is 0 Å². The molecule has 1 amide bonds. The summed E-state index contributed by atoms with van der Waals surface area (Å²) >= 11 is 5.80. The Morgan fingerprint density at radius 2 is 2.25 bits per heavy atom. The van der Waals surface area contributed by atoms with Crippen LogP contribution in [-0.4, -0.2) is 22.8 Å². The molecule has 0 saturated carbocycles. The number of rotatable bonds is 5. The Morgan fingerprint density at radius 3 is 2.75 bits per heavy atom. The van der Waals surface area contributed by atoms with E-state index in [0.29, 0.717) is 23.9 Å². The molecule has 1 aromatic rings. The number of nitrogens with one attached hydrogen (secondary N) is 1. The molecule has 0 saturated heterocycles. The summed E-state index contributed by atoms with van der Waals surface area (Å²) < 4.78 is 5.20. The lowest BCUT2D eigenvalue weighted by Crippen LogP contribution is -2.25. The number of amides is 1. The fourth-order valence-corrected chi connectivity index (χ4v) is 1.56. The summed E-state index contributed by atoms with van der Waals surface area (Å²) in [7, 11) is 0. The van der Waals surface area contributed by atoms with Crippen molar-refractivity contribution in [3.05, 3.63) is 17.3 Å². The van der Waals surface area contributed by atoms with Crippen molar-refractivity contribution in [3.8, 4) is 0 Å². The number of hydrogen-bond acceptors (Lipinski definition) is 3. The minimum atomic E-state index is -0.208. The van der Waals surface area contributed by atoms with Crippen LogP contribution in [0.3, 0.4) is 0 Å². The molecule has 0 spiro atoms. The molecule has 0 aliphatic rings. The summed E-state index contributed by atoms with van der Waals surface area (Å²) in [4.78, 5) is 15.7. The Labute approximate surface area is 100 Å². The van der Waals surface area contributed by atoms with E-state index in [4.69, 9.17) is 16.0 Å². The van der Waals surface area contributed by atoms with Gasteiger partial charge in [-0.05, 0) is 26.7 Å². The third-order valence-corrected chi connectivity index (χ3v) is 2.39. The molecule has 1 unspecified atom stereocenters. The zero-order valence-electron chi connectivity index (χ0n) is 9.84. The number of aryl methyl sites for hydroxylation is 2. The normalized spacial score (nSPS) is 12.5. The van der Waals surface area contributed by atoms with Crippen LogP contribution in [0.4, 0.5) is 0 Å². The van der Waals surface area contributed by atoms with E-state index in [2.05, 4.69) is 10.3 Å². The molecule has 0 aliphatic carbocycles. The van der Waals surface area contributed by atoms with Crippen molar-refractivity contribution in [2.45, 2.75) is 39.0 Å². The van der Waals surface area contributed by atoms with Gasteiger partial charge in [-0.2, -0.15) is 0 Å². The van der Waals surface area contributed by atoms with Gasteiger partial charge in [0.2, 0.25) is 5.76 Å². The molecule has 1 aromatic heterocycles. The average Bonchev–Trinajstić information content (AvgIpc) is 2.52. The van der Waals surface area contributed by atoms with E-state index >= 15 is 0 Å². The molecule has 4 nitrogen and oxygen atoms in total. The van der Waals surface area contributed by atoms with Crippen molar-refractivity contribution >= 4 is 17.5 Å². The lowest BCUT2D eigenvalue weighted by Gasteiger charge is -2.04. The number of hydrogen-bond donors (Lipinski definition) is 1. The van der Waals surface area contributed by atoms with Crippen molar-refractivity contribution in [2.75, 3.05) is 6.54 Å². The van der Waals surface area contributed by atoms with Crippen molar-refractivity contribution in [2.24, 2.45) is 0 Å². The molecular formula is C11H17ClN2O2. The maximum Gasteiger partial charge on any atom is 0.289 e. The van der Waals surface area contributed by atoms with Gasteiger partial charge in [0.15, 0.2) is 5.89 Å². The van der Waals surface area contributed by atoms with Crippen LogP contribution in [0.5, 0.6) is 0 Å². The lowest BCUT2D eigenvalue weighted by molar-refractivity contribution is 0.0923. The highest BCUT2D eigenvalue weighted by atomic mass is 35.5. The second kappa shape index (κ2) is 5.89. The van der Waals surface area contributed by atoms with Gasteiger partial charge in [0.1, 0.15) is 0 Å². The van der Waals surface area contributed by atoms with Crippen LogP contribution in [0.25, 0.3) is 0 Å². The molecule has 0 bridgehead atoms.